The Balaban J connectivity index is 2.04. The highest BCUT2D eigenvalue weighted by molar-refractivity contribution is 9.11. The zero-order valence-electron chi connectivity index (χ0n) is 10.7. The molecule has 1 aromatic heterocycles. The molecule has 0 aromatic carbocycles. The van der Waals surface area contributed by atoms with Gasteiger partial charge in [-0.3, -0.25) is 4.79 Å². The fraction of sp³-hybridized carbons (Fsp3) is 0.615. The second kappa shape index (κ2) is 6.17. The van der Waals surface area contributed by atoms with Gasteiger partial charge in [0.15, 0.2) is 0 Å². The summed E-state index contributed by atoms with van der Waals surface area (Å²) in [6.45, 7) is 7.23. The summed E-state index contributed by atoms with van der Waals surface area (Å²) in [5, 5.41) is 0. The van der Waals surface area contributed by atoms with Gasteiger partial charge in [-0.05, 0) is 47.8 Å². The highest BCUT2D eigenvalue weighted by atomic mass is 79.9. The highest BCUT2D eigenvalue weighted by Crippen LogP contribution is 2.28. The predicted molar refractivity (Wildman–Crippen MR) is 77.3 cm³/mol. The van der Waals surface area contributed by atoms with E-state index < -0.39 is 0 Å². The quantitative estimate of drug-likeness (QED) is 0.847. The van der Waals surface area contributed by atoms with Crippen LogP contribution in [0.3, 0.4) is 0 Å². The fourth-order valence-electron chi connectivity index (χ4n) is 2.12. The lowest BCUT2D eigenvalue weighted by atomic mass is 10.1. The second-order valence-electron chi connectivity index (χ2n) is 4.64. The third-order valence-corrected chi connectivity index (χ3v) is 5.36. The van der Waals surface area contributed by atoms with Crippen molar-refractivity contribution in [3.63, 3.8) is 0 Å². The first-order chi connectivity index (χ1) is 8.61. The summed E-state index contributed by atoms with van der Waals surface area (Å²) < 4.78 is 6.42. The van der Waals surface area contributed by atoms with Crippen LogP contribution in [0.4, 0.5) is 0 Å². The highest BCUT2D eigenvalue weighted by Gasteiger charge is 2.23. The van der Waals surface area contributed by atoms with Crippen molar-refractivity contribution in [1.82, 2.24) is 4.90 Å². The van der Waals surface area contributed by atoms with Crippen molar-refractivity contribution in [1.29, 1.82) is 0 Å². The Bertz CT molecular complexity index is 407. The average Bonchev–Trinajstić information content (AvgIpc) is 2.96. The van der Waals surface area contributed by atoms with Crippen molar-refractivity contribution in [3.05, 3.63) is 20.3 Å². The van der Waals surface area contributed by atoms with Crippen LogP contribution in [-0.2, 0) is 4.74 Å². The van der Waals surface area contributed by atoms with E-state index in [1.54, 1.807) is 0 Å². The van der Waals surface area contributed by atoms with Crippen molar-refractivity contribution < 1.29 is 9.53 Å². The number of halogens is 1. The smallest absolute Gasteiger partial charge is 0.263 e. The van der Waals surface area contributed by atoms with E-state index in [4.69, 9.17) is 4.74 Å². The molecule has 1 saturated heterocycles. The van der Waals surface area contributed by atoms with E-state index in [2.05, 4.69) is 15.9 Å². The molecule has 1 amide bonds. The largest absolute Gasteiger partial charge is 0.381 e. The molecule has 0 saturated carbocycles. The number of carbonyl (C=O) groups is 1. The normalized spacial score (nSPS) is 19.2. The molecule has 100 valence electrons. The molecule has 0 spiro atoms. The molecule has 1 aromatic rings. The van der Waals surface area contributed by atoms with E-state index in [1.165, 1.54) is 11.3 Å². The minimum Gasteiger partial charge on any atom is -0.381 e. The van der Waals surface area contributed by atoms with E-state index in [-0.39, 0.29) is 5.91 Å². The maximum Gasteiger partial charge on any atom is 0.263 e. The van der Waals surface area contributed by atoms with Crippen LogP contribution in [-0.4, -0.2) is 37.1 Å². The van der Waals surface area contributed by atoms with Crippen LogP contribution in [0.5, 0.6) is 0 Å². The first-order valence-electron chi connectivity index (χ1n) is 6.24. The molecule has 1 atom stereocenters. The van der Waals surface area contributed by atoms with Crippen LogP contribution >= 0.6 is 27.3 Å². The Hall–Kier alpha value is -0.390. The monoisotopic (exact) mass is 331 g/mol. The van der Waals surface area contributed by atoms with Crippen molar-refractivity contribution in [3.8, 4) is 0 Å². The third kappa shape index (κ3) is 3.13. The molecule has 18 heavy (non-hydrogen) atoms. The van der Waals surface area contributed by atoms with Crippen LogP contribution < -0.4 is 0 Å². The maximum atomic E-state index is 12.4. The SMILES string of the molecule is CCN(CC1CCOC1)C(=O)c1cc(C)c(Br)s1. The van der Waals surface area contributed by atoms with Crippen LogP contribution in [0.2, 0.25) is 0 Å². The number of carbonyl (C=O) groups excluding carboxylic acids is 1. The van der Waals surface area contributed by atoms with Gasteiger partial charge < -0.3 is 9.64 Å². The van der Waals surface area contributed by atoms with Crippen molar-refractivity contribution in [2.75, 3.05) is 26.3 Å². The van der Waals surface area contributed by atoms with Crippen molar-refractivity contribution in [2.24, 2.45) is 5.92 Å². The van der Waals surface area contributed by atoms with Crippen molar-refractivity contribution >= 4 is 33.2 Å². The molecular formula is C13H18BrNO2S. The van der Waals surface area contributed by atoms with Crippen LogP contribution in [0, 0.1) is 12.8 Å². The lowest BCUT2D eigenvalue weighted by Gasteiger charge is -2.23. The number of aryl methyl sites for hydroxylation is 1. The van der Waals surface area contributed by atoms with E-state index in [9.17, 15) is 4.79 Å². The average molecular weight is 332 g/mol. The van der Waals surface area contributed by atoms with E-state index in [0.29, 0.717) is 5.92 Å². The Morgan fingerprint density at radius 2 is 2.44 bits per heavy atom. The number of hydrogen-bond donors (Lipinski definition) is 0. The van der Waals surface area contributed by atoms with Gasteiger partial charge in [-0.15, -0.1) is 11.3 Å². The Kier molecular flexibility index (Phi) is 4.81. The van der Waals surface area contributed by atoms with E-state index >= 15 is 0 Å². The number of thiophene rings is 1. The minimum absolute atomic E-state index is 0.142. The van der Waals surface area contributed by atoms with Gasteiger partial charge in [0.05, 0.1) is 15.3 Å². The van der Waals surface area contributed by atoms with Crippen LogP contribution in [0.15, 0.2) is 9.85 Å². The molecule has 1 aliphatic heterocycles. The minimum atomic E-state index is 0.142. The first-order valence-corrected chi connectivity index (χ1v) is 7.85. The molecule has 3 nitrogen and oxygen atoms in total. The number of ether oxygens (including phenoxy) is 1. The van der Waals surface area contributed by atoms with Crippen molar-refractivity contribution in [2.45, 2.75) is 20.3 Å². The van der Waals surface area contributed by atoms with Gasteiger partial charge in [-0.25, -0.2) is 0 Å². The summed E-state index contributed by atoms with van der Waals surface area (Å²) in [7, 11) is 0. The molecular weight excluding hydrogens is 314 g/mol. The number of amides is 1. The van der Waals surface area contributed by atoms with Gasteiger partial charge in [-0.2, -0.15) is 0 Å². The van der Waals surface area contributed by atoms with Gasteiger partial charge >= 0.3 is 0 Å². The third-order valence-electron chi connectivity index (χ3n) is 3.24. The number of nitrogens with zero attached hydrogens (tertiary/aromatic N) is 1. The molecule has 2 heterocycles. The Morgan fingerprint density at radius 3 is 2.94 bits per heavy atom. The summed E-state index contributed by atoms with van der Waals surface area (Å²) in [5.41, 5.74) is 1.13. The predicted octanol–water partition coefficient (Wildman–Crippen LogP) is 3.32. The van der Waals surface area contributed by atoms with Crippen LogP contribution in [0.25, 0.3) is 0 Å². The molecule has 1 aliphatic rings. The fourth-order valence-corrected chi connectivity index (χ4v) is 3.62. The van der Waals surface area contributed by atoms with Gasteiger partial charge in [0.1, 0.15) is 0 Å². The van der Waals surface area contributed by atoms with Crippen LogP contribution in [0.1, 0.15) is 28.6 Å². The summed E-state index contributed by atoms with van der Waals surface area (Å²) in [5.74, 6) is 0.640. The molecule has 5 heteroatoms. The van der Waals surface area contributed by atoms with Gasteiger partial charge in [-0.1, -0.05) is 0 Å². The maximum absolute atomic E-state index is 12.4. The zero-order valence-corrected chi connectivity index (χ0v) is 13.1. The lowest BCUT2D eigenvalue weighted by molar-refractivity contribution is 0.0735. The standard InChI is InChI=1S/C13H18BrNO2S/c1-3-15(7-10-4-5-17-8-10)13(16)11-6-9(2)12(14)18-11/h6,10H,3-5,7-8H2,1-2H3. The van der Waals surface area contributed by atoms with Gasteiger partial charge in [0, 0.05) is 25.6 Å². The lowest BCUT2D eigenvalue weighted by Crippen LogP contribution is -2.35. The van der Waals surface area contributed by atoms with Gasteiger partial charge in [0.2, 0.25) is 0 Å². The molecule has 0 aliphatic carbocycles. The van der Waals surface area contributed by atoms with E-state index in [0.717, 1.165) is 47.0 Å². The summed E-state index contributed by atoms with van der Waals surface area (Å²) in [6, 6.07) is 1.96. The molecule has 1 unspecified atom stereocenters. The first kappa shape index (κ1) is 14.0. The second-order valence-corrected chi connectivity index (χ2v) is 7.01. The summed E-state index contributed by atoms with van der Waals surface area (Å²) in [4.78, 5) is 15.2. The van der Waals surface area contributed by atoms with E-state index in [1.807, 2.05) is 24.8 Å². The van der Waals surface area contributed by atoms with Gasteiger partial charge in [0.25, 0.3) is 5.91 Å². The summed E-state index contributed by atoms with van der Waals surface area (Å²) in [6.07, 6.45) is 1.07. The Morgan fingerprint density at radius 1 is 1.67 bits per heavy atom. The molecule has 0 N–H and O–H groups in total. The molecule has 2 rings (SSSR count). The molecule has 1 fully saturated rings. The molecule has 0 radical (unpaired) electrons. The summed E-state index contributed by atoms with van der Waals surface area (Å²) >= 11 is 4.99. The number of hydrogen-bond acceptors (Lipinski definition) is 3. The molecule has 0 bridgehead atoms. The Labute approximate surface area is 120 Å². The number of rotatable bonds is 4. The topological polar surface area (TPSA) is 29.5 Å². The zero-order chi connectivity index (χ0) is 13.1.